The van der Waals surface area contributed by atoms with Crippen LogP contribution in [0.1, 0.15) is 43.4 Å². The van der Waals surface area contributed by atoms with E-state index in [2.05, 4.69) is 35.3 Å². The Labute approximate surface area is 122 Å². The van der Waals surface area contributed by atoms with E-state index in [4.69, 9.17) is 4.74 Å². The van der Waals surface area contributed by atoms with E-state index in [9.17, 15) is 0 Å². The molecule has 0 bridgehead atoms. The largest absolute Gasteiger partial charge is 0.385 e. The van der Waals surface area contributed by atoms with Crippen LogP contribution < -0.4 is 10.2 Å². The molecule has 0 saturated heterocycles. The molecule has 1 aromatic rings. The number of hydrogen-bond donors (Lipinski definition) is 1. The molecule has 1 N–H and O–H groups in total. The summed E-state index contributed by atoms with van der Waals surface area (Å²) in [7, 11) is 1.78. The molecular weight excluding hydrogens is 248 g/mol. The molecule has 1 aliphatic heterocycles. The van der Waals surface area contributed by atoms with Crippen LogP contribution >= 0.6 is 0 Å². The smallest absolute Gasteiger partial charge is 0.0479 e. The maximum atomic E-state index is 5.17. The van der Waals surface area contributed by atoms with Crippen molar-refractivity contribution in [2.45, 2.75) is 44.7 Å². The van der Waals surface area contributed by atoms with Crippen molar-refractivity contribution < 1.29 is 4.74 Å². The van der Waals surface area contributed by atoms with Gasteiger partial charge in [0.2, 0.25) is 0 Å². The van der Waals surface area contributed by atoms with Gasteiger partial charge in [0, 0.05) is 44.6 Å². The summed E-state index contributed by atoms with van der Waals surface area (Å²) in [6.07, 6.45) is 4.99. The fourth-order valence-electron chi connectivity index (χ4n) is 3.06. The molecule has 2 aliphatic rings. The summed E-state index contributed by atoms with van der Waals surface area (Å²) in [6, 6.07) is 8.25. The Bertz CT molecular complexity index is 456. The van der Waals surface area contributed by atoms with Gasteiger partial charge in [0.05, 0.1) is 0 Å². The van der Waals surface area contributed by atoms with Gasteiger partial charge in [0.25, 0.3) is 0 Å². The number of fused-ring (bicyclic) bond motifs is 1. The Morgan fingerprint density at radius 2 is 2.25 bits per heavy atom. The molecular formula is C17H26N2O. The highest BCUT2D eigenvalue weighted by atomic mass is 16.5. The summed E-state index contributed by atoms with van der Waals surface area (Å²) < 4.78 is 5.17. The number of ether oxygens (including phenoxy) is 1. The molecule has 0 amide bonds. The number of methoxy groups -OCH3 is 1. The van der Waals surface area contributed by atoms with E-state index in [1.165, 1.54) is 36.1 Å². The van der Waals surface area contributed by atoms with Gasteiger partial charge in [-0.25, -0.2) is 0 Å². The fourth-order valence-corrected chi connectivity index (χ4v) is 3.06. The van der Waals surface area contributed by atoms with E-state index in [1.54, 1.807) is 7.11 Å². The first-order valence-corrected chi connectivity index (χ1v) is 7.90. The topological polar surface area (TPSA) is 24.5 Å². The van der Waals surface area contributed by atoms with E-state index < -0.39 is 0 Å². The third-order valence-electron chi connectivity index (χ3n) is 4.44. The second-order valence-electron chi connectivity index (χ2n) is 6.13. The van der Waals surface area contributed by atoms with Crippen LogP contribution in [-0.2, 0) is 11.2 Å². The Kier molecular flexibility index (Phi) is 4.27. The Hall–Kier alpha value is -1.06. The van der Waals surface area contributed by atoms with Gasteiger partial charge in [0.15, 0.2) is 0 Å². The Morgan fingerprint density at radius 1 is 1.40 bits per heavy atom. The minimum atomic E-state index is 0.467. The molecule has 1 saturated carbocycles. The molecule has 3 heteroatoms. The van der Waals surface area contributed by atoms with Crippen molar-refractivity contribution >= 4 is 5.69 Å². The zero-order valence-corrected chi connectivity index (χ0v) is 12.7. The average Bonchev–Trinajstić information content (AvgIpc) is 3.18. The molecule has 3 rings (SSSR count). The molecule has 1 aliphatic carbocycles. The van der Waals surface area contributed by atoms with Crippen molar-refractivity contribution in [2.24, 2.45) is 0 Å². The predicted octanol–water partition coefficient (Wildman–Crippen LogP) is 2.90. The van der Waals surface area contributed by atoms with Gasteiger partial charge in [-0.1, -0.05) is 12.1 Å². The molecule has 0 aromatic heterocycles. The number of rotatable bonds is 7. The van der Waals surface area contributed by atoms with E-state index >= 15 is 0 Å². The maximum Gasteiger partial charge on any atom is 0.0479 e. The van der Waals surface area contributed by atoms with E-state index in [-0.39, 0.29) is 0 Å². The van der Waals surface area contributed by atoms with Crippen molar-refractivity contribution in [3.05, 3.63) is 29.3 Å². The lowest BCUT2D eigenvalue weighted by atomic mass is 10.0. The zero-order valence-electron chi connectivity index (χ0n) is 12.7. The quantitative estimate of drug-likeness (QED) is 0.774. The van der Waals surface area contributed by atoms with Gasteiger partial charge in [-0.05, 0) is 49.8 Å². The molecule has 1 fully saturated rings. The van der Waals surface area contributed by atoms with E-state index in [1.807, 2.05) is 0 Å². The molecule has 1 atom stereocenters. The van der Waals surface area contributed by atoms with Crippen molar-refractivity contribution in [3.8, 4) is 0 Å². The number of benzene rings is 1. The zero-order chi connectivity index (χ0) is 13.9. The summed E-state index contributed by atoms with van der Waals surface area (Å²) in [5.41, 5.74) is 4.38. The second-order valence-corrected chi connectivity index (χ2v) is 6.13. The third kappa shape index (κ3) is 3.15. The van der Waals surface area contributed by atoms with Crippen LogP contribution in [0.25, 0.3) is 0 Å². The van der Waals surface area contributed by atoms with Gasteiger partial charge in [-0.3, -0.25) is 0 Å². The van der Waals surface area contributed by atoms with Crippen LogP contribution in [0, 0.1) is 0 Å². The molecule has 3 nitrogen and oxygen atoms in total. The van der Waals surface area contributed by atoms with Crippen molar-refractivity contribution in [3.63, 3.8) is 0 Å². The van der Waals surface area contributed by atoms with Crippen molar-refractivity contribution in [1.29, 1.82) is 0 Å². The normalized spacial score (nSPS) is 19.2. The minimum Gasteiger partial charge on any atom is -0.385 e. The molecule has 0 radical (unpaired) electrons. The SMILES string of the molecule is COCCCN1CCc2ccc(C(C)NC3CC3)cc21. The first kappa shape index (κ1) is 13.9. The minimum absolute atomic E-state index is 0.467. The summed E-state index contributed by atoms with van der Waals surface area (Å²) in [5.74, 6) is 0. The lowest BCUT2D eigenvalue weighted by molar-refractivity contribution is 0.196. The Morgan fingerprint density at radius 3 is 3.00 bits per heavy atom. The summed E-state index contributed by atoms with van der Waals surface area (Å²) in [5, 5.41) is 3.69. The first-order chi connectivity index (χ1) is 9.78. The monoisotopic (exact) mass is 274 g/mol. The molecule has 110 valence electrons. The summed E-state index contributed by atoms with van der Waals surface area (Å²) in [6.45, 7) is 5.40. The molecule has 20 heavy (non-hydrogen) atoms. The maximum absolute atomic E-state index is 5.17. The third-order valence-corrected chi connectivity index (χ3v) is 4.44. The van der Waals surface area contributed by atoms with Crippen LogP contribution in [0.3, 0.4) is 0 Å². The lowest BCUT2D eigenvalue weighted by Crippen LogP contribution is -2.23. The van der Waals surface area contributed by atoms with E-state index in [0.29, 0.717) is 6.04 Å². The van der Waals surface area contributed by atoms with Crippen LogP contribution in [-0.4, -0.2) is 32.8 Å². The highest BCUT2D eigenvalue weighted by molar-refractivity contribution is 5.59. The lowest BCUT2D eigenvalue weighted by Gasteiger charge is -2.21. The van der Waals surface area contributed by atoms with Crippen LogP contribution in [0.2, 0.25) is 0 Å². The molecule has 1 unspecified atom stereocenters. The molecule has 1 aromatic carbocycles. The Balaban J connectivity index is 1.68. The van der Waals surface area contributed by atoms with Crippen LogP contribution in [0.15, 0.2) is 18.2 Å². The number of nitrogens with one attached hydrogen (secondary N) is 1. The standard InChI is InChI=1S/C17H26N2O/c1-13(18-16-6-7-16)15-5-4-14-8-10-19(17(14)12-15)9-3-11-20-2/h4-5,12-13,16,18H,3,6-11H2,1-2H3. The van der Waals surface area contributed by atoms with Gasteiger partial charge in [0.1, 0.15) is 0 Å². The van der Waals surface area contributed by atoms with E-state index in [0.717, 1.165) is 32.2 Å². The van der Waals surface area contributed by atoms with Gasteiger partial charge >= 0.3 is 0 Å². The number of nitrogens with zero attached hydrogens (tertiary/aromatic N) is 1. The molecule has 1 heterocycles. The highest BCUT2D eigenvalue weighted by Crippen LogP contribution is 2.32. The number of hydrogen-bond acceptors (Lipinski definition) is 3. The summed E-state index contributed by atoms with van der Waals surface area (Å²) >= 11 is 0. The summed E-state index contributed by atoms with van der Waals surface area (Å²) in [4.78, 5) is 2.52. The van der Waals surface area contributed by atoms with Gasteiger partial charge in [-0.2, -0.15) is 0 Å². The fraction of sp³-hybridized carbons (Fsp3) is 0.647. The van der Waals surface area contributed by atoms with Crippen molar-refractivity contribution in [1.82, 2.24) is 5.32 Å². The average molecular weight is 274 g/mol. The second kappa shape index (κ2) is 6.15. The predicted molar refractivity (Wildman–Crippen MR) is 83.4 cm³/mol. The van der Waals surface area contributed by atoms with Crippen LogP contribution in [0.5, 0.6) is 0 Å². The molecule has 0 spiro atoms. The van der Waals surface area contributed by atoms with Gasteiger partial charge < -0.3 is 15.0 Å². The van der Waals surface area contributed by atoms with Crippen LogP contribution in [0.4, 0.5) is 5.69 Å². The highest BCUT2D eigenvalue weighted by Gasteiger charge is 2.24. The van der Waals surface area contributed by atoms with Gasteiger partial charge in [-0.15, -0.1) is 0 Å². The van der Waals surface area contributed by atoms with Crippen molar-refractivity contribution in [2.75, 3.05) is 31.7 Å². The number of anilines is 1. The first-order valence-electron chi connectivity index (χ1n) is 7.90.